The molecule has 1 atom stereocenters. The van der Waals surface area contributed by atoms with Crippen LogP contribution in [-0.4, -0.2) is 66.4 Å². The number of hydrazine groups is 1. The van der Waals surface area contributed by atoms with Crippen molar-refractivity contribution in [1.82, 2.24) is 15.8 Å². The van der Waals surface area contributed by atoms with Gasteiger partial charge >= 0.3 is 0 Å². The zero-order valence-electron chi connectivity index (χ0n) is 20.4. The Hall–Kier alpha value is -4.35. The molecule has 1 unspecified atom stereocenters. The third kappa shape index (κ3) is 6.62. The van der Waals surface area contributed by atoms with E-state index in [1.165, 1.54) is 26.0 Å². The van der Waals surface area contributed by atoms with Crippen molar-refractivity contribution in [3.05, 3.63) is 58.1 Å². The molecule has 2 N–H and O–H groups in total. The Kier molecular flexibility index (Phi) is 8.66. The highest BCUT2D eigenvalue weighted by Crippen LogP contribution is 2.30. The number of amides is 3. The molecular formula is C24H29N5O7. The van der Waals surface area contributed by atoms with Gasteiger partial charge in [0.15, 0.2) is 6.10 Å². The molecule has 1 aliphatic rings. The van der Waals surface area contributed by atoms with Crippen LogP contribution < -0.4 is 25.2 Å². The van der Waals surface area contributed by atoms with E-state index >= 15 is 0 Å². The van der Waals surface area contributed by atoms with Crippen molar-refractivity contribution < 1.29 is 28.8 Å². The summed E-state index contributed by atoms with van der Waals surface area (Å²) in [5.74, 6) is -0.243. The van der Waals surface area contributed by atoms with E-state index in [1.807, 2.05) is 6.92 Å². The quantitative estimate of drug-likeness (QED) is 0.414. The minimum Gasteiger partial charge on any atom is -0.494 e. The summed E-state index contributed by atoms with van der Waals surface area (Å²) in [6.07, 6.45) is -0.923. The normalized spacial score (nSPS) is 14.0. The maximum Gasteiger partial charge on any atom is 0.293 e. The van der Waals surface area contributed by atoms with Crippen LogP contribution in [0.5, 0.6) is 11.5 Å². The predicted octanol–water partition coefficient (Wildman–Crippen LogP) is 1.89. The lowest BCUT2D eigenvalue weighted by molar-refractivity contribution is -0.384. The summed E-state index contributed by atoms with van der Waals surface area (Å²) in [5, 5.41) is 11.7. The molecule has 0 aromatic heterocycles. The van der Waals surface area contributed by atoms with Gasteiger partial charge in [-0.2, -0.15) is 0 Å². The average Bonchev–Trinajstić information content (AvgIpc) is 2.88. The third-order valence-corrected chi connectivity index (χ3v) is 5.62. The van der Waals surface area contributed by atoms with Crippen LogP contribution in [0.2, 0.25) is 0 Å². The van der Waals surface area contributed by atoms with Crippen LogP contribution in [0.25, 0.3) is 0 Å². The number of benzene rings is 2. The largest absolute Gasteiger partial charge is 0.494 e. The predicted molar refractivity (Wildman–Crippen MR) is 131 cm³/mol. The Bertz CT molecular complexity index is 1110. The van der Waals surface area contributed by atoms with Crippen molar-refractivity contribution in [3.8, 4) is 11.5 Å². The van der Waals surface area contributed by atoms with Gasteiger partial charge in [0.1, 0.15) is 17.2 Å². The zero-order valence-corrected chi connectivity index (χ0v) is 20.4. The molecule has 1 fully saturated rings. The number of hydrogen-bond acceptors (Lipinski definition) is 8. The van der Waals surface area contributed by atoms with Crippen LogP contribution in [0.1, 0.15) is 31.1 Å². The topological polar surface area (TPSA) is 143 Å². The van der Waals surface area contributed by atoms with Crippen LogP contribution in [-0.2, 0) is 9.59 Å². The maximum absolute atomic E-state index is 12.5. The van der Waals surface area contributed by atoms with E-state index in [-0.39, 0.29) is 17.2 Å². The van der Waals surface area contributed by atoms with Crippen LogP contribution in [0, 0.1) is 10.1 Å². The fourth-order valence-electron chi connectivity index (χ4n) is 3.67. The number of nitrogens with zero attached hydrogens (tertiary/aromatic N) is 3. The van der Waals surface area contributed by atoms with Gasteiger partial charge < -0.3 is 19.3 Å². The molecule has 0 saturated carbocycles. The first kappa shape index (κ1) is 26.3. The van der Waals surface area contributed by atoms with Crippen molar-refractivity contribution in [3.63, 3.8) is 0 Å². The number of nitrogens with one attached hydrogen (secondary N) is 2. The molecule has 36 heavy (non-hydrogen) atoms. The van der Waals surface area contributed by atoms with Gasteiger partial charge in [-0.3, -0.25) is 35.3 Å². The second kappa shape index (κ2) is 11.9. The molecule has 12 nitrogen and oxygen atoms in total. The van der Waals surface area contributed by atoms with E-state index in [2.05, 4.69) is 10.9 Å². The summed E-state index contributed by atoms with van der Waals surface area (Å²) in [5.41, 5.74) is 4.66. The fourth-order valence-corrected chi connectivity index (χ4v) is 3.67. The molecule has 1 aliphatic heterocycles. The minimum absolute atomic E-state index is 0.00760. The maximum atomic E-state index is 12.5. The fraction of sp³-hybridized carbons (Fsp3) is 0.375. The van der Waals surface area contributed by atoms with Crippen LogP contribution in [0.15, 0.2) is 42.5 Å². The summed E-state index contributed by atoms with van der Waals surface area (Å²) in [7, 11) is 0. The first-order chi connectivity index (χ1) is 17.2. The SMILES string of the molecule is CCOc1ccc(OC(C)C(=O)NNC(=O)c2ccc(N3CCN(C(C)=O)CC3)c([N+](=O)[O-])c2)cc1. The standard InChI is InChI=1S/C24H29N5O7/c1-4-35-19-6-8-20(9-7-19)36-16(2)23(31)25-26-24(32)18-5-10-21(22(15-18)29(33)34)28-13-11-27(12-14-28)17(3)30/h5-10,15-16H,4,11-14H2,1-3H3,(H,25,31)(H,26,32). The molecule has 3 rings (SSSR count). The van der Waals surface area contributed by atoms with E-state index < -0.39 is 22.8 Å². The molecule has 1 saturated heterocycles. The van der Waals surface area contributed by atoms with Gasteiger partial charge in [0.05, 0.1) is 11.5 Å². The number of nitro benzene ring substituents is 1. The Morgan fingerprint density at radius 2 is 1.67 bits per heavy atom. The number of rotatable bonds is 8. The highest BCUT2D eigenvalue weighted by molar-refractivity contribution is 5.97. The number of hydrogen-bond donors (Lipinski definition) is 2. The summed E-state index contributed by atoms with van der Waals surface area (Å²) < 4.78 is 10.9. The number of piperazine rings is 1. The van der Waals surface area contributed by atoms with Crippen molar-refractivity contribution in [2.24, 2.45) is 0 Å². The smallest absolute Gasteiger partial charge is 0.293 e. The molecule has 2 aromatic carbocycles. The first-order valence-electron chi connectivity index (χ1n) is 11.5. The highest BCUT2D eigenvalue weighted by atomic mass is 16.6. The molecule has 1 heterocycles. The number of anilines is 1. The molecule has 0 aliphatic carbocycles. The molecular weight excluding hydrogens is 470 g/mol. The van der Waals surface area contributed by atoms with E-state index in [1.54, 1.807) is 34.1 Å². The second-order valence-electron chi connectivity index (χ2n) is 8.06. The van der Waals surface area contributed by atoms with Crippen molar-refractivity contribution in [1.29, 1.82) is 0 Å². The summed E-state index contributed by atoms with van der Waals surface area (Å²) in [6, 6.07) is 10.9. The molecule has 12 heteroatoms. The van der Waals surface area contributed by atoms with E-state index in [0.29, 0.717) is 50.0 Å². The minimum atomic E-state index is -0.923. The summed E-state index contributed by atoms with van der Waals surface area (Å²) in [6.45, 7) is 7.19. The van der Waals surface area contributed by atoms with Gasteiger partial charge in [-0.25, -0.2) is 0 Å². The van der Waals surface area contributed by atoms with Crippen LogP contribution in [0.3, 0.4) is 0 Å². The van der Waals surface area contributed by atoms with Gasteiger partial charge in [0.25, 0.3) is 17.5 Å². The van der Waals surface area contributed by atoms with Crippen LogP contribution >= 0.6 is 0 Å². The Morgan fingerprint density at radius 1 is 1.03 bits per heavy atom. The van der Waals surface area contributed by atoms with Crippen molar-refractivity contribution in [2.45, 2.75) is 26.9 Å². The number of carbonyl (C=O) groups excluding carboxylic acids is 3. The molecule has 0 radical (unpaired) electrons. The van der Waals surface area contributed by atoms with E-state index in [9.17, 15) is 24.5 Å². The number of ether oxygens (including phenoxy) is 2. The Labute approximate surface area is 208 Å². The molecule has 0 bridgehead atoms. The molecule has 2 aromatic rings. The Balaban J connectivity index is 1.58. The molecule has 192 valence electrons. The zero-order chi connectivity index (χ0) is 26.2. The van der Waals surface area contributed by atoms with Crippen molar-refractivity contribution in [2.75, 3.05) is 37.7 Å². The molecule has 0 spiro atoms. The lowest BCUT2D eigenvalue weighted by Crippen LogP contribution is -2.48. The second-order valence-corrected chi connectivity index (χ2v) is 8.06. The Morgan fingerprint density at radius 3 is 2.25 bits per heavy atom. The summed E-state index contributed by atoms with van der Waals surface area (Å²) in [4.78, 5) is 51.0. The lowest BCUT2D eigenvalue weighted by atomic mass is 10.1. The number of carbonyl (C=O) groups is 3. The van der Waals surface area contributed by atoms with Gasteiger partial charge in [0, 0.05) is 44.7 Å². The highest BCUT2D eigenvalue weighted by Gasteiger charge is 2.26. The van der Waals surface area contributed by atoms with E-state index in [0.717, 1.165) is 6.07 Å². The monoisotopic (exact) mass is 499 g/mol. The first-order valence-corrected chi connectivity index (χ1v) is 11.5. The average molecular weight is 500 g/mol. The number of nitro groups is 1. The van der Waals surface area contributed by atoms with Crippen LogP contribution in [0.4, 0.5) is 11.4 Å². The van der Waals surface area contributed by atoms with Gasteiger partial charge in [-0.05, 0) is 50.2 Å². The van der Waals surface area contributed by atoms with Gasteiger partial charge in [-0.1, -0.05) is 0 Å². The van der Waals surface area contributed by atoms with Gasteiger partial charge in [0.2, 0.25) is 5.91 Å². The van der Waals surface area contributed by atoms with Crippen molar-refractivity contribution >= 4 is 29.1 Å². The van der Waals surface area contributed by atoms with Gasteiger partial charge in [-0.15, -0.1) is 0 Å². The lowest BCUT2D eigenvalue weighted by Gasteiger charge is -2.35. The summed E-state index contributed by atoms with van der Waals surface area (Å²) >= 11 is 0. The van der Waals surface area contributed by atoms with E-state index in [4.69, 9.17) is 9.47 Å². The third-order valence-electron chi connectivity index (χ3n) is 5.62. The molecule has 3 amide bonds.